The molecule has 1 aromatic carbocycles. The van der Waals surface area contributed by atoms with Gasteiger partial charge in [0, 0.05) is 5.56 Å². The van der Waals surface area contributed by atoms with Crippen molar-refractivity contribution in [2.24, 2.45) is 5.73 Å². The van der Waals surface area contributed by atoms with E-state index < -0.39 is 17.2 Å². The molecule has 0 bridgehead atoms. The summed E-state index contributed by atoms with van der Waals surface area (Å²) in [6, 6.07) is 5.31. The fourth-order valence-electron chi connectivity index (χ4n) is 1.30. The Kier molecular flexibility index (Phi) is 2.82. The van der Waals surface area contributed by atoms with Gasteiger partial charge in [0.15, 0.2) is 0 Å². The Balaban J connectivity index is 3.25. The molecule has 4 heteroatoms. The minimum atomic E-state index is -1.29. The van der Waals surface area contributed by atoms with Gasteiger partial charge in [-0.2, -0.15) is 5.26 Å². The zero-order chi connectivity index (χ0) is 10.8. The van der Waals surface area contributed by atoms with Gasteiger partial charge in [-0.1, -0.05) is 6.07 Å². The molecule has 14 heavy (non-hydrogen) atoms. The van der Waals surface area contributed by atoms with Crippen LogP contribution in [0.3, 0.4) is 0 Å². The summed E-state index contributed by atoms with van der Waals surface area (Å²) in [5, 5.41) is 8.47. The van der Waals surface area contributed by atoms with Gasteiger partial charge in [0.05, 0.1) is 18.0 Å². The van der Waals surface area contributed by atoms with Gasteiger partial charge in [0.25, 0.3) is 0 Å². The largest absolute Gasteiger partial charge is 0.321 e. The minimum absolute atomic E-state index is 0.134. The maximum absolute atomic E-state index is 13.2. The number of nitrogens with two attached hydrogens (primary N) is 1. The Morgan fingerprint density at radius 1 is 1.43 bits per heavy atom. The third-order valence-corrected chi connectivity index (χ3v) is 1.98. The van der Waals surface area contributed by atoms with Crippen LogP contribution >= 0.6 is 0 Å². The number of nitrogens with zero attached hydrogens (tertiary/aromatic N) is 1. The molecule has 0 aromatic heterocycles. The van der Waals surface area contributed by atoms with Crippen LogP contribution in [0.4, 0.5) is 8.78 Å². The van der Waals surface area contributed by atoms with Crippen LogP contribution in [0.2, 0.25) is 0 Å². The van der Waals surface area contributed by atoms with Crippen LogP contribution in [0.5, 0.6) is 0 Å². The Bertz CT molecular complexity index is 360. The van der Waals surface area contributed by atoms with Crippen molar-refractivity contribution >= 4 is 0 Å². The summed E-state index contributed by atoms with van der Waals surface area (Å²) < 4.78 is 26.5. The third-order valence-electron chi connectivity index (χ3n) is 1.98. The van der Waals surface area contributed by atoms with Gasteiger partial charge in [-0.05, 0) is 19.1 Å². The quantitative estimate of drug-likeness (QED) is 0.786. The summed E-state index contributed by atoms with van der Waals surface area (Å²) in [5.74, 6) is -1.43. The number of hydrogen-bond acceptors (Lipinski definition) is 2. The van der Waals surface area contributed by atoms with Crippen molar-refractivity contribution < 1.29 is 8.78 Å². The molecule has 0 amide bonds. The predicted molar refractivity (Wildman–Crippen MR) is 48.1 cm³/mol. The van der Waals surface area contributed by atoms with E-state index in [9.17, 15) is 8.78 Å². The van der Waals surface area contributed by atoms with Gasteiger partial charge in [0.2, 0.25) is 0 Å². The van der Waals surface area contributed by atoms with Crippen LogP contribution in [0.25, 0.3) is 0 Å². The highest BCUT2D eigenvalue weighted by Gasteiger charge is 2.27. The summed E-state index contributed by atoms with van der Waals surface area (Å²) >= 11 is 0. The van der Waals surface area contributed by atoms with Crippen molar-refractivity contribution in [3.8, 4) is 6.07 Å². The van der Waals surface area contributed by atoms with Crippen molar-refractivity contribution in [3.05, 3.63) is 35.4 Å². The molecule has 0 radical (unpaired) electrons. The van der Waals surface area contributed by atoms with Crippen LogP contribution in [-0.2, 0) is 5.54 Å². The Morgan fingerprint density at radius 2 is 1.93 bits per heavy atom. The smallest absolute Gasteiger partial charge is 0.131 e. The van der Waals surface area contributed by atoms with Crippen LogP contribution in [0.1, 0.15) is 18.9 Å². The van der Waals surface area contributed by atoms with Gasteiger partial charge < -0.3 is 5.73 Å². The molecule has 1 rings (SSSR count). The summed E-state index contributed by atoms with van der Waals surface area (Å²) in [6.07, 6.45) is -0.134. The molecular weight excluding hydrogens is 186 g/mol. The number of rotatable bonds is 2. The lowest BCUT2D eigenvalue weighted by Crippen LogP contribution is -2.34. The highest BCUT2D eigenvalue weighted by molar-refractivity contribution is 5.27. The average Bonchev–Trinajstić information content (AvgIpc) is 2.02. The molecular formula is C10H10F2N2. The first kappa shape index (κ1) is 10.6. The van der Waals surface area contributed by atoms with Crippen LogP contribution in [0.15, 0.2) is 18.2 Å². The number of nitriles is 1. The first-order chi connectivity index (χ1) is 6.49. The lowest BCUT2D eigenvalue weighted by Gasteiger charge is -2.22. The predicted octanol–water partition coefficient (Wildman–Crippen LogP) is 2.05. The highest BCUT2D eigenvalue weighted by atomic mass is 19.1. The second-order valence-electron chi connectivity index (χ2n) is 3.35. The van der Waals surface area contributed by atoms with Gasteiger partial charge in [0.1, 0.15) is 11.6 Å². The SMILES string of the molecule is C[C@](N)(CC#N)c1c(F)cccc1F. The van der Waals surface area contributed by atoms with E-state index >= 15 is 0 Å². The van der Waals surface area contributed by atoms with Gasteiger partial charge >= 0.3 is 0 Å². The maximum atomic E-state index is 13.2. The van der Waals surface area contributed by atoms with E-state index in [0.29, 0.717) is 0 Å². The summed E-state index contributed by atoms with van der Waals surface area (Å²) in [5.41, 5.74) is 4.13. The first-order valence-corrected chi connectivity index (χ1v) is 4.09. The number of hydrogen-bond donors (Lipinski definition) is 1. The van der Waals surface area contributed by atoms with E-state index in [1.54, 1.807) is 6.07 Å². The van der Waals surface area contributed by atoms with Crippen molar-refractivity contribution in [1.29, 1.82) is 5.26 Å². The molecule has 2 N–H and O–H groups in total. The van der Waals surface area contributed by atoms with E-state index in [0.717, 1.165) is 12.1 Å². The first-order valence-electron chi connectivity index (χ1n) is 4.09. The second kappa shape index (κ2) is 3.72. The molecule has 0 fully saturated rings. The van der Waals surface area contributed by atoms with E-state index in [2.05, 4.69) is 0 Å². The maximum Gasteiger partial charge on any atom is 0.131 e. The Morgan fingerprint density at radius 3 is 2.36 bits per heavy atom. The molecule has 0 unspecified atom stereocenters. The van der Waals surface area contributed by atoms with Crippen molar-refractivity contribution in [1.82, 2.24) is 0 Å². The van der Waals surface area contributed by atoms with Crippen LogP contribution in [0, 0.1) is 23.0 Å². The zero-order valence-electron chi connectivity index (χ0n) is 7.72. The third kappa shape index (κ3) is 1.88. The lowest BCUT2D eigenvalue weighted by atomic mass is 9.89. The standard InChI is InChI=1S/C10H10F2N2/c1-10(14,5-6-13)9-7(11)3-2-4-8(9)12/h2-4H,5,14H2,1H3/t10-/m0/s1. The molecule has 74 valence electrons. The normalized spacial score (nSPS) is 14.5. The molecule has 0 heterocycles. The molecule has 0 saturated heterocycles. The molecule has 0 aliphatic rings. The molecule has 1 aromatic rings. The van der Waals surface area contributed by atoms with E-state index in [4.69, 9.17) is 11.0 Å². The number of halogens is 2. The molecule has 0 aliphatic carbocycles. The van der Waals surface area contributed by atoms with Crippen LogP contribution < -0.4 is 5.73 Å². The molecule has 1 atom stereocenters. The van der Waals surface area contributed by atoms with E-state index in [1.807, 2.05) is 0 Å². The summed E-state index contributed by atoms with van der Waals surface area (Å²) in [6.45, 7) is 1.43. The Hall–Kier alpha value is -1.47. The fraction of sp³-hybridized carbons (Fsp3) is 0.300. The zero-order valence-corrected chi connectivity index (χ0v) is 7.72. The topological polar surface area (TPSA) is 49.8 Å². The number of benzene rings is 1. The second-order valence-corrected chi connectivity index (χ2v) is 3.35. The van der Waals surface area contributed by atoms with Crippen molar-refractivity contribution in [2.45, 2.75) is 18.9 Å². The summed E-state index contributed by atoms with van der Waals surface area (Å²) in [4.78, 5) is 0. The monoisotopic (exact) mass is 196 g/mol. The van der Waals surface area contributed by atoms with E-state index in [1.165, 1.54) is 13.0 Å². The highest BCUT2D eigenvalue weighted by Crippen LogP contribution is 2.26. The molecule has 2 nitrogen and oxygen atoms in total. The van der Waals surface area contributed by atoms with Crippen molar-refractivity contribution in [3.63, 3.8) is 0 Å². The average molecular weight is 196 g/mol. The molecule has 0 aliphatic heterocycles. The van der Waals surface area contributed by atoms with Crippen LogP contribution in [-0.4, -0.2) is 0 Å². The van der Waals surface area contributed by atoms with Gasteiger partial charge in [-0.15, -0.1) is 0 Å². The van der Waals surface area contributed by atoms with E-state index in [-0.39, 0.29) is 12.0 Å². The molecule has 0 spiro atoms. The Labute approximate surface area is 81.0 Å². The van der Waals surface area contributed by atoms with Crippen molar-refractivity contribution in [2.75, 3.05) is 0 Å². The van der Waals surface area contributed by atoms with Gasteiger partial charge in [-0.3, -0.25) is 0 Å². The fourth-order valence-corrected chi connectivity index (χ4v) is 1.30. The van der Waals surface area contributed by atoms with Gasteiger partial charge in [-0.25, -0.2) is 8.78 Å². The molecule has 0 saturated carbocycles. The minimum Gasteiger partial charge on any atom is -0.321 e. The summed E-state index contributed by atoms with van der Waals surface area (Å²) in [7, 11) is 0. The lowest BCUT2D eigenvalue weighted by molar-refractivity contribution is 0.434.